The molecule has 282 valence electrons. The van der Waals surface area contributed by atoms with Crippen LogP contribution >= 0.6 is 24.0 Å². The van der Waals surface area contributed by atoms with Crippen molar-refractivity contribution in [3.05, 3.63) is 81.8 Å². The zero-order valence-corrected chi connectivity index (χ0v) is 29.4. The number of alkyl halides is 6. The number of hydrogen-bond acceptors (Lipinski definition) is 9. The Morgan fingerprint density at radius 2 is 1.58 bits per heavy atom. The van der Waals surface area contributed by atoms with Crippen molar-refractivity contribution < 1.29 is 60.0 Å². The van der Waals surface area contributed by atoms with E-state index in [0.717, 1.165) is 11.8 Å². The number of nitrogens with one attached hydrogen (secondary N) is 1. The zero-order chi connectivity index (χ0) is 38.5. The Bertz CT molecular complexity index is 1880. The number of carboxylic acid groups (broad SMARTS) is 1. The van der Waals surface area contributed by atoms with Crippen molar-refractivity contribution in [1.29, 1.82) is 0 Å². The van der Waals surface area contributed by atoms with Gasteiger partial charge < -0.3 is 24.6 Å². The van der Waals surface area contributed by atoms with Crippen LogP contribution in [0.15, 0.2) is 59.5 Å². The number of thiocarbonyl (C=S) groups is 1. The van der Waals surface area contributed by atoms with E-state index in [4.69, 9.17) is 31.5 Å². The van der Waals surface area contributed by atoms with Gasteiger partial charge >= 0.3 is 18.3 Å². The van der Waals surface area contributed by atoms with E-state index in [1.807, 2.05) is 0 Å². The second kappa shape index (κ2) is 16.6. The molecule has 0 atom stereocenters. The van der Waals surface area contributed by atoms with Gasteiger partial charge in [0.15, 0.2) is 11.5 Å². The standard InChI is InChI=1S/C35H31F6N3O7S2/c1-49-27-17-21(22-15-24(34(36,37)38)19-25(16-22)35(39,40)41)14-23(30(27)51-13-10-43-8-11-50-12-9-43)18-28-31(46)44(33(52)53-28)7-6-29(45)42-26-4-2-20(3-5-26)32(47)48/h2-5,14-19H,6-13H2,1H3,(H,42,45)(H,47,48)/b28-18-. The van der Waals surface area contributed by atoms with Crippen molar-refractivity contribution in [2.24, 2.45) is 0 Å². The van der Waals surface area contributed by atoms with E-state index in [1.165, 1.54) is 54.5 Å². The highest BCUT2D eigenvalue weighted by Crippen LogP contribution is 2.43. The molecule has 0 radical (unpaired) electrons. The molecule has 0 aliphatic carbocycles. The van der Waals surface area contributed by atoms with E-state index in [-0.39, 0.29) is 63.1 Å². The van der Waals surface area contributed by atoms with Gasteiger partial charge in [0, 0.05) is 43.9 Å². The minimum atomic E-state index is -5.08. The van der Waals surface area contributed by atoms with E-state index in [1.54, 1.807) is 0 Å². The molecule has 2 N–H and O–H groups in total. The molecule has 0 bridgehead atoms. The van der Waals surface area contributed by atoms with Gasteiger partial charge in [-0.3, -0.25) is 19.4 Å². The van der Waals surface area contributed by atoms with Crippen LogP contribution in [0.1, 0.15) is 33.5 Å². The largest absolute Gasteiger partial charge is 0.493 e. The van der Waals surface area contributed by atoms with Gasteiger partial charge in [-0.25, -0.2) is 4.79 Å². The van der Waals surface area contributed by atoms with Crippen molar-refractivity contribution in [2.75, 3.05) is 58.4 Å². The van der Waals surface area contributed by atoms with Crippen LogP contribution in [0.2, 0.25) is 0 Å². The Labute approximate surface area is 308 Å². The average Bonchev–Trinajstić information content (AvgIpc) is 3.38. The SMILES string of the molecule is COc1cc(-c2cc(C(F)(F)F)cc(C(F)(F)F)c2)cc(/C=C2\SC(=S)N(CCC(=O)Nc3ccc(C(=O)O)cc3)C2=O)c1OCCN1CCOCC1. The molecule has 2 aliphatic rings. The third-order valence-corrected chi connectivity index (χ3v) is 9.50. The van der Waals surface area contributed by atoms with Crippen molar-refractivity contribution >= 4 is 57.8 Å². The number of thioether (sulfide) groups is 1. The normalized spacial score (nSPS) is 16.3. The Morgan fingerprint density at radius 1 is 0.962 bits per heavy atom. The number of carboxylic acids is 1. The highest BCUT2D eigenvalue weighted by atomic mass is 32.2. The van der Waals surface area contributed by atoms with Crippen LogP contribution < -0.4 is 14.8 Å². The number of morpholine rings is 1. The first-order chi connectivity index (χ1) is 25.0. The molecule has 3 aromatic rings. The number of aromatic carboxylic acids is 1. The summed E-state index contributed by atoms with van der Waals surface area (Å²) in [5, 5.41) is 11.7. The summed E-state index contributed by atoms with van der Waals surface area (Å²) in [5.74, 6) is -2.14. The number of hydrogen-bond donors (Lipinski definition) is 2. The number of methoxy groups -OCH3 is 1. The molecular formula is C35H31F6N3O7S2. The minimum Gasteiger partial charge on any atom is -0.493 e. The maximum Gasteiger partial charge on any atom is 0.416 e. The molecule has 0 aromatic heterocycles. The number of carbonyl (C=O) groups is 3. The molecule has 2 heterocycles. The van der Waals surface area contributed by atoms with Gasteiger partial charge in [-0.1, -0.05) is 24.0 Å². The van der Waals surface area contributed by atoms with Crippen molar-refractivity contribution in [1.82, 2.24) is 9.80 Å². The fraction of sp³-hybridized carbons (Fsp3) is 0.314. The molecule has 2 amide bonds. The van der Waals surface area contributed by atoms with E-state index in [9.17, 15) is 40.7 Å². The summed E-state index contributed by atoms with van der Waals surface area (Å²) in [6.45, 7) is 2.82. The van der Waals surface area contributed by atoms with Gasteiger partial charge in [0.25, 0.3) is 5.91 Å². The summed E-state index contributed by atoms with van der Waals surface area (Å²) in [6.07, 6.45) is -8.99. The zero-order valence-electron chi connectivity index (χ0n) is 27.8. The Balaban J connectivity index is 1.45. The maximum atomic E-state index is 13.7. The first-order valence-corrected chi connectivity index (χ1v) is 17.1. The summed E-state index contributed by atoms with van der Waals surface area (Å²) in [5.41, 5.74) is -3.00. The van der Waals surface area contributed by atoms with Gasteiger partial charge in [0.05, 0.1) is 41.9 Å². The predicted octanol–water partition coefficient (Wildman–Crippen LogP) is 7.04. The number of amides is 2. The molecule has 0 saturated carbocycles. The number of ether oxygens (including phenoxy) is 3. The number of rotatable bonds is 12. The summed E-state index contributed by atoms with van der Waals surface area (Å²) in [7, 11) is 1.26. The molecular weight excluding hydrogens is 753 g/mol. The smallest absolute Gasteiger partial charge is 0.416 e. The third kappa shape index (κ3) is 10.1. The van der Waals surface area contributed by atoms with Gasteiger partial charge in [0.2, 0.25) is 5.91 Å². The molecule has 2 aliphatic heterocycles. The van der Waals surface area contributed by atoms with Crippen LogP contribution in [0, 0.1) is 0 Å². The lowest BCUT2D eigenvalue weighted by Crippen LogP contribution is -2.38. The molecule has 5 rings (SSSR count). The number of carbonyl (C=O) groups excluding carboxylic acids is 2. The minimum absolute atomic E-state index is 0.00904. The molecule has 10 nitrogen and oxygen atoms in total. The van der Waals surface area contributed by atoms with Gasteiger partial charge in [-0.2, -0.15) is 26.3 Å². The maximum absolute atomic E-state index is 13.7. The highest BCUT2D eigenvalue weighted by Gasteiger charge is 2.37. The van der Waals surface area contributed by atoms with Crippen molar-refractivity contribution in [2.45, 2.75) is 18.8 Å². The molecule has 2 fully saturated rings. The molecule has 53 heavy (non-hydrogen) atoms. The highest BCUT2D eigenvalue weighted by molar-refractivity contribution is 8.26. The Kier molecular flexibility index (Phi) is 12.4. The van der Waals surface area contributed by atoms with Gasteiger partial charge in [-0.05, 0) is 71.8 Å². The Hall–Kier alpha value is -4.65. The topological polar surface area (TPSA) is 118 Å². The average molecular weight is 784 g/mol. The molecule has 0 unspecified atom stereocenters. The fourth-order valence-electron chi connectivity index (χ4n) is 5.39. The second-order valence-electron chi connectivity index (χ2n) is 11.7. The lowest BCUT2D eigenvalue weighted by molar-refractivity contribution is -0.143. The van der Waals surface area contributed by atoms with Crippen LogP contribution in [0.5, 0.6) is 11.5 Å². The number of nitrogens with zero attached hydrogens (tertiary/aromatic N) is 2. The van der Waals surface area contributed by atoms with Crippen LogP contribution in [0.4, 0.5) is 32.0 Å². The summed E-state index contributed by atoms with van der Waals surface area (Å²) < 4.78 is 99.6. The molecule has 3 aromatic carbocycles. The van der Waals surface area contributed by atoms with Crippen LogP contribution in [-0.2, 0) is 26.7 Å². The van der Waals surface area contributed by atoms with Crippen LogP contribution in [0.25, 0.3) is 17.2 Å². The Morgan fingerprint density at radius 3 is 2.17 bits per heavy atom. The van der Waals surface area contributed by atoms with E-state index < -0.39 is 46.8 Å². The summed E-state index contributed by atoms with van der Waals surface area (Å²) in [6, 6.07) is 9.25. The first kappa shape index (κ1) is 39.6. The predicted molar refractivity (Wildman–Crippen MR) is 188 cm³/mol. The van der Waals surface area contributed by atoms with Gasteiger partial charge in [-0.15, -0.1) is 0 Å². The molecule has 0 spiro atoms. The van der Waals surface area contributed by atoms with Crippen LogP contribution in [-0.4, -0.2) is 90.1 Å². The van der Waals surface area contributed by atoms with Gasteiger partial charge in [0.1, 0.15) is 10.9 Å². The summed E-state index contributed by atoms with van der Waals surface area (Å²) >= 11 is 6.30. The first-order valence-electron chi connectivity index (χ1n) is 15.9. The lowest BCUT2D eigenvalue weighted by Gasteiger charge is -2.26. The van der Waals surface area contributed by atoms with Crippen molar-refractivity contribution in [3.63, 3.8) is 0 Å². The van der Waals surface area contributed by atoms with E-state index in [2.05, 4.69) is 10.2 Å². The summed E-state index contributed by atoms with van der Waals surface area (Å²) in [4.78, 5) is 40.6. The number of benzene rings is 3. The van der Waals surface area contributed by atoms with E-state index in [0.29, 0.717) is 50.7 Å². The second-order valence-corrected chi connectivity index (χ2v) is 13.4. The number of anilines is 1. The molecule has 18 heteroatoms. The lowest BCUT2D eigenvalue weighted by atomic mass is 9.96. The van der Waals surface area contributed by atoms with Crippen LogP contribution in [0.3, 0.4) is 0 Å². The number of halogens is 6. The van der Waals surface area contributed by atoms with Crippen molar-refractivity contribution in [3.8, 4) is 22.6 Å². The van der Waals surface area contributed by atoms with E-state index >= 15 is 0 Å². The third-order valence-electron chi connectivity index (χ3n) is 8.12. The monoisotopic (exact) mass is 783 g/mol. The molecule has 2 saturated heterocycles. The quantitative estimate of drug-likeness (QED) is 0.113. The fourth-order valence-corrected chi connectivity index (χ4v) is 6.69.